The van der Waals surface area contributed by atoms with Gasteiger partial charge in [0.05, 0.1) is 5.36 Å². The topological polar surface area (TPSA) is 60.3 Å². The Morgan fingerprint density at radius 2 is 1.90 bits per heavy atom. The van der Waals surface area contributed by atoms with Crippen molar-refractivity contribution < 1.29 is 4.79 Å². The highest BCUT2D eigenvalue weighted by molar-refractivity contribution is 8.14. The van der Waals surface area contributed by atoms with Crippen LogP contribution in [0.1, 0.15) is 25.6 Å². The minimum absolute atomic E-state index is 0.163. The first kappa shape index (κ1) is 20.2. The Morgan fingerprint density at radius 1 is 1.17 bits per heavy atom. The van der Waals surface area contributed by atoms with Crippen molar-refractivity contribution >= 4 is 34.2 Å². The van der Waals surface area contributed by atoms with E-state index < -0.39 is 6.17 Å². The molecule has 0 radical (unpaired) electrons. The van der Waals surface area contributed by atoms with Crippen molar-refractivity contribution in [3.8, 4) is 0 Å². The maximum absolute atomic E-state index is 13.0. The van der Waals surface area contributed by atoms with Crippen LogP contribution in [0.2, 0.25) is 0 Å². The molecule has 1 N–H and O–H groups in total. The Labute approximate surface area is 180 Å². The summed E-state index contributed by atoms with van der Waals surface area (Å²) in [6, 6.07) is 16.1. The number of fused-ring (bicyclic) bond motifs is 2. The van der Waals surface area contributed by atoms with E-state index >= 15 is 0 Å². The molecule has 2 heterocycles. The molecule has 0 unspecified atom stereocenters. The van der Waals surface area contributed by atoms with Gasteiger partial charge in [-0.25, -0.2) is 5.01 Å². The molecule has 7 heteroatoms. The molecule has 0 saturated heterocycles. The molecular formula is C23H25N5OS. The van der Waals surface area contributed by atoms with Gasteiger partial charge in [-0.05, 0) is 37.6 Å². The largest absolute Gasteiger partial charge is 0.372 e. The van der Waals surface area contributed by atoms with Gasteiger partial charge < -0.3 is 4.90 Å². The highest BCUT2D eigenvalue weighted by Crippen LogP contribution is 2.31. The lowest BCUT2D eigenvalue weighted by Gasteiger charge is -2.34. The number of hydrogen-bond donors (Lipinski definition) is 1. The number of anilines is 1. The summed E-state index contributed by atoms with van der Waals surface area (Å²) in [6.45, 7) is 9.95. The molecule has 0 spiro atoms. The summed E-state index contributed by atoms with van der Waals surface area (Å²) in [7, 11) is 0. The number of para-hydroxylation sites is 1. The zero-order valence-electron chi connectivity index (χ0n) is 17.2. The summed E-state index contributed by atoms with van der Waals surface area (Å²) in [5.41, 5.74) is 2.69. The molecule has 0 saturated carbocycles. The highest BCUT2D eigenvalue weighted by atomic mass is 32.2. The quantitative estimate of drug-likeness (QED) is 0.732. The van der Waals surface area contributed by atoms with E-state index in [-0.39, 0.29) is 5.91 Å². The maximum atomic E-state index is 13.0. The van der Waals surface area contributed by atoms with Gasteiger partial charge in [0.1, 0.15) is 5.70 Å². The molecule has 6 nitrogen and oxygen atoms in total. The molecule has 2 aromatic rings. The lowest BCUT2D eigenvalue weighted by Crippen LogP contribution is -2.50. The van der Waals surface area contributed by atoms with Gasteiger partial charge in [0.2, 0.25) is 0 Å². The molecule has 2 aliphatic heterocycles. The second kappa shape index (κ2) is 8.75. The van der Waals surface area contributed by atoms with Crippen LogP contribution in [0.4, 0.5) is 5.69 Å². The lowest BCUT2D eigenvalue weighted by atomic mass is 10.1. The Morgan fingerprint density at radius 3 is 2.60 bits per heavy atom. The number of benzene rings is 2. The van der Waals surface area contributed by atoms with Gasteiger partial charge in [-0.2, -0.15) is 0 Å². The standard InChI is InChI=1S/C23H25N5OS/c1-4-15-30-23-25-22(29)20-18-9-7-8-10-19(18)24-21(28(20)26-23)16-11-13-17(14-12-16)27(5-2)6-3/h4,7-14,21H,1,5-6,15H2,2-3H3,(H,25,26,29)/t21-/m1/s1. The first-order valence-corrected chi connectivity index (χ1v) is 11.1. The maximum Gasteiger partial charge on any atom is 0.276 e. The van der Waals surface area contributed by atoms with E-state index in [0.717, 1.165) is 29.2 Å². The van der Waals surface area contributed by atoms with Gasteiger partial charge in [0.25, 0.3) is 5.91 Å². The first-order chi connectivity index (χ1) is 14.7. The van der Waals surface area contributed by atoms with Gasteiger partial charge in [-0.15, -0.1) is 11.7 Å². The Hall–Kier alpha value is -3.06. The Balaban J connectivity index is 1.80. The summed E-state index contributed by atoms with van der Waals surface area (Å²) in [5, 5.41) is 11.5. The van der Waals surface area contributed by atoms with Crippen molar-refractivity contribution in [2.75, 3.05) is 23.7 Å². The Bertz CT molecular complexity index is 1110. The second-order valence-corrected chi connectivity index (χ2v) is 7.94. The van der Waals surface area contributed by atoms with E-state index in [0.29, 0.717) is 16.6 Å². The number of carbonyl (C=O) groups is 1. The number of carbonyl (C=O) groups excluding carboxylic acids is 1. The lowest BCUT2D eigenvalue weighted by molar-refractivity contribution is -0.116. The zero-order valence-corrected chi connectivity index (χ0v) is 18.0. The van der Waals surface area contributed by atoms with Crippen molar-refractivity contribution in [2.45, 2.75) is 20.0 Å². The van der Waals surface area contributed by atoms with Gasteiger partial charge in [-0.1, -0.05) is 48.2 Å². The summed E-state index contributed by atoms with van der Waals surface area (Å²) < 4.78 is 0. The van der Waals surface area contributed by atoms with Crippen molar-refractivity contribution in [3.63, 3.8) is 0 Å². The molecule has 1 atom stereocenters. The van der Waals surface area contributed by atoms with Crippen molar-refractivity contribution in [1.82, 2.24) is 10.3 Å². The average molecular weight is 420 g/mol. The van der Waals surface area contributed by atoms with Crippen LogP contribution in [-0.2, 0) is 4.79 Å². The number of thioether (sulfide) groups is 1. The van der Waals surface area contributed by atoms with Crippen molar-refractivity contribution in [1.29, 1.82) is 0 Å². The fraction of sp³-hybridized carbons (Fsp3) is 0.261. The summed E-state index contributed by atoms with van der Waals surface area (Å²) >= 11 is 1.44. The van der Waals surface area contributed by atoms with E-state index in [1.807, 2.05) is 24.3 Å². The van der Waals surface area contributed by atoms with E-state index in [1.54, 1.807) is 11.1 Å². The van der Waals surface area contributed by atoms with Crippen LogP contribution < -0.4 is 20.8 Å². The molecule has 2 aromatic carbocycles. The van der Waals surface area contributed by atoms with E-state index in [2.05, 4.69) is 54.9 Å². The minimum Gasteiger partial charge on any atom is -0.372 e. The molecule has 0 aliphatic carbocycles. The van der Waals surface area contributed by atoms with Crippen LogP contribution in [0.15, 0.2) is 71.3 Å². The van der Waals surface area contributed by atoms with E-state index in [9.17, 15) is 4.79 Å². The van der Waals surface area contributed by atoms with Crippen LogP contribution in [0.3, 0.4) is 0 Å². The molecule has 0 aromatic heterocycles. The van der Waals surface area contributed by atoms with Gasteiger partial charge in [0.15, 0.2) is 11.3 Å². The van der Waals surface area contributed by atoms with Crippen LogP contribution in [0.5, 0.6) is 0 Å². The number of hydrazone groups is 1. The predicted molar refractivity (Wildman–Crippen MR) is 123 cm³/mol. The molecule has 0 bridgehead atoms. The van der Waals surface area contributed by atoms with E-state index in [1.165, 1.54) is 17.4 Å². The monoisotopic (exact) mass is 419 g/mol. The smallest absolute Gasteiger partial charge is 0.276 e. The van der Waals surface area contributed by atoms with Crippen LogP contribution in [0, 0.1) is 0 Å². The number of amidine groups is 1. The van der Waals surface area contributed by atoms with Gasteiger partial charge in [-0.3, -0.25) is 15.1 Å². The zero-order chi connectivity index (χ0) is 21.1. The fourth-order valence-corrected chi connectivity index (χ4v) is 4.28. The minimum atomic E-state index is -0.397. The predicted octanol–water partition coefficient (Wildman–Crippen LogP) is 2.60. The third kappa shape index (κ3) is 3.73. The number of rotatable bonds is 6. The molecule has 30 heavy (non-hydrogen) atoms. The number of nitrogens with one attached hydrogen (secondary N) is 1. The third-order valence-corrected chi connectivity index (χ3v) is 6.03. The SMILES string of the molecule is C=CCSC1=NN2C(=c3ccccc3=N[C@H]2c2ccc(N(CC)CC)cc2)C(=O)N1. The normalized spacial score (nSPS) is 17.3. The molecule has 0 fully saturated rings. The van der Waals surface area contributed by atoms with Crippen LogP contribution in [0.25, 0.3) is 5.70 Å². The third-order valence-electron chi connectivity index (χ3n) is 5.17. The van der Waals surface area contributed by atoms with Gasteiger partial charge in [0, 0.05) is 29.7 Å². The molecule has 1 amide bonds. The van der Waals surface area contributed by atoms with Crippen LogP contribution >= 0.6 is 11.8 Å². The Kier molecular flexibility index (Phi) is 5.90. The summed E-state index contributed by atoms with van der Waals surface area (Å²) in [4.78, 5) is 20.2. The summed E-state index contributed by atoms with van der Waals surface area (Å²) in [6.07, 6.45) is 1.39. The first-order valence-electron chi connectivity index (χ1n) is 10.1. The fourth-order valence-electron chi connectivity index (χ4n) is 3.69. The molecule has 154 valence electrons. The molecule has 2 aliphatic rings. The highest BCUT2D eigenvalue weighted by Gasteiger charge is 2.34. The van der Waals surface area contributed by atoms with Crippen molar-refractivity contribution in [2.24, 2.45) is 10.1 Å². The van der Waals surface area contributed by atoms with E-state index in [4.69, 9.17) is 10.1 Å². The number of hydrogen-bond acceptors (Lipinski definition) is 6. The summed E-state index contributed by atoms with van der Waals surface area (Å²) in [5.74, 6) is 0.503. The second-order valence-electron chi connectivity index (χ2n) is 6.94. The molecular weight excluding hydrogens is 394 g/mol. The van der Waals surface area contributed by atoms with Gasteiger partial charge >= 0.3 is 0 Å². The number of amides is 1. The van der Waals surface area contributed by atoms with Crippen molar-refractivity contribution in [3.05, 3.63) is 77.3 Å². The number of nitrogens with zero attached hydrogens (tertiary/aromatic N) is 4. The molecule has 4 rings (SSSR count). The van der Waals surface area contributed by atoms with Crippen LogP contribution in [-0.4, -0.2) is 34.9 Å². The average Bonchev–Trinajstić information content (AvgIpc) is 2.78.